The van der Waals surface area contributed by atoms with Gasteiger partial charge in [0.2, 0.25) is 0 Å². The highest BCUT2D eigenvalue weighted by molar-refractivity contribution is 5.77. The Labute approximate surface area is 101 Å². The molecule has 3 rings (SSSR count). The summed E-state index contributed by atoms with van der Waals surface area (Å²) < 4.78 is 5.37. The van der Waals surface area contributed by atoms with Crippen molar-refractivity contribution >= 4 is 11.0 Å². The number of rotatable bonds is 0. The summed E-state index contributed by atoms with van der Waals surface area (Å²) in [4.78, 5) is 3.85. The SMILES string of the molecule is Cc1cc2ccccc2o1.Cc1ccncc1. The smallest absolute Gasteiger partial charge is 0.134 e. The molecule has 0 saturated carbocycles. The van der Waals surface area contributed by atoms with Crippen molar-refractivity contribution in [1.82, 2.24) is 4.98 Å². The Morgan fingerprint density at radius 1 is 0.941 bits per heavy atom. The fraction of sp³-hybridized carbons (Fsp3) is 0.133. The Morgan fingerprint density at radius 3 is 2.24 bits per heavy atom. The Kier molecular flexibility index (Phi) is 3.55. The molecule has 0 saturated heterocycles. The maximum atomic E-state index is 5.37. The van der Waals surface area contributed by atoms with Gasteiger partial charge in [-0.05, 0) is 43.7 Å². The second-order valence-corrected chi connectivity index (χ2v) is 3.92. The molecule has 3 aromatic rings. The van der Waals surface area contributed by atoms with Crippen LogP contribution >= 0.6 is 0 Å². The van der Waals surface area contributed by atoms with Crippen LogP contribution in [-0.4, -0.2) is 4.98 Å². The zero-order valence-electron chi connectivity index (χ0n) is 10.1. The first kappa shape index (κ1) is 11.4. The standard InChI is InChI=1S/C9H8O.C6H7N/c1-7-6-8-4-2-3-5-9(8)10-7;1-6-2-4-7-5-3-6/h2-6H,1H3;2-5H,1H3. The average molecular weight is 225 g/mol. The highest BCUT2D eigenvalue weighted by atomic mass is 16.3. The van der Waals surface area contributed by atoms with Crippen molar-refractivity contribution in [2.75, 3.05) is 0 Å². The lowest BCUT2D eigenvalue weighted by Gasteiger charge is -1.82. The van der Waals surface area contributed by atoms with Gasteiger partial charge in [0.1, 0.15) is 11.3 Å². The third kappa shape index (κ3) is 3.18. The lowest BCUT2D eigenvalue weighted by Crippen LogP contribution is -1.68. The van der Waals surface area contributed by atoms with Crippen LogP contribution in [0.2, 0.25) is 0 Å². The quantitative estimate of drug-likeness (QED) is 0.575. The van der Waals surface area contributed by atoms with Gasteiger partial charge in [0.15, 0.2) is 0 Å². The highest BCUT2D eigenvalue weighted by Gasteiger charge is 1.95. The molecule has 0 radical (unpaired) electrons. The van der Waals surface area contributed by atoms with Gasteiger partial charge < -0.3 is 4.42 Å². The molecular formula is C15H15NO. The molecule has 0 aliphatic heterocycles. The van der Waals surface area contributed by atoms with Crippen molar-refractivity contribution < 1.29 is 4.42 Å². The molecule has 0 N–H and O–H groups in total. The first-order chi connectivity index (χ1) is 8.25. The van der Waals surface area contributed by atoms with E-state index in [9.17, 15) is 0 Å². The van der Waals surface area contributed by atoms with Gasteiger partial charge in [0.25, 0.3) is 0 Å². The molecule has 2 nitrogen and oxygen atoms in total. The van der Waals surface area contributed by atoms with Gasteiger partial charge in [0, 0.05) is 17.8 Å². The average Bonchev–Trinajstić information content (AvgIpc) is 2.71. The van der Waals surface area contributed by atoms with Gasteiger partial charge in [-0.1, -0.05) is 18.2 Å². The maximum absolute atomic E-state index is 5.37. The summed E-state index contributed by atoms with van der Waals surface area (Å²) in [5, 5.41) is 1.18. The van der Waals surface area contributed by atoms with Gasteiger partial charge in [-0.15, -0.1) is 0 Å². The van der Waals surface area contributed by atoms with E-state index >= 15 is 0 Å². The zero-order valence-corrected chi connectivity index (χ0v) is 10.1. The van der Waals surface area contributed by atoms with Crippen LogP contribution < -0.4 is 0 Å². The second-order valence-electron chi connectivity index (χ2n) is 3.92. The Hall–Kier alpha value is -2.09. The fourth-order valence-corrected chi connectivity index (χ4v) is 1.54. The molecule has 0 fully saturated rings. The minimum absolute atomic E-state index is 0.972. The second kappa shape index (κ2) is 5.30. The molecular weight excluding hydrogens is 210 g/mol. The van der Waals surface area contributed by atoms with E-state index in [-0.39, 0.29) is 0 Å². The van der Waals surface area contributed by atoms with Crippen molar-refractivity contribution in [3.05, 3.63) is 66.2 Å². The largest absolute Gasteiger partial charge is 0.461 e. The van der Waals surface area contributed by atoms with Crippen molar-refractivity contribution in [2.45, 2.75) is 13.8 Å². The number of para-hydroxylation sites is 1. The molecule has 0 atom stereocenters. The molecule has 0 amide bonds. The minimum Gasteiger partial charge on any atom is -0.461 e. The van der Waals surface area contributed by atoms with Crippen LogP contribution in [0.1, 0.15) is 11.3 Å². The van der Waals surface area contributed by atoms with E-state index in [1.807, 2.05) is 56.3 Å². The summed E-state index contributed by atoms with van der Waals surface area (Å²) in [5.74, 6) is 0.973. The maximum Gasteiger partial charge on any atom is 0.134 e. The summed E-state index contributed by atoms with van der Waals surface area (Å²) in [6, 6.07) is 14.0. The van der Waals surface area contributed by atoms with E-state index in [2.05, 4.69) is 4.98 Å². The van der Waals surface area contributed by atoms with E-state index in [0.29, 0.717) is 0 Å². The number of hydrogen-bond donors (Lipinski definition) is 0. The highest BCUT2D eigenvalue weighted by Crippen LogP contribution is 2.17. The van der Waals surface area contributed by atoms with Crippen LogP contribution in [-0.2, 0) is 0 Å². The normalized spacial score (nSPS) is 9.76. The zero-order chi connectivity index (χ0) is 12.1. The number of benzene rings is 1. The molecule has 0 bridgehead atoms. The molecule has 2 heterocycles. The van der Waals surface area contributed by atoms with Gasteiger partial charge in [-0.25, -0.2) is 0 Å². The molecule has 2 aromatic heterocycles. The molecule has 0 aliphatic carbocycles. The van der Waals surface area contributed by atoms with Gasteiger partial charge in [-0.3, -0.25) is 4.98 Å². The van der Waals surface area contributed by atoms with Crippen LogP contribution in [0.4, 0.5) is 0 Å². The summed E-state index contributed by atoms with van der Waals surface area (Å²) in [7, 11) is 0. The summed E-state index contributed by atoms with van der Waals surface area (Å²) in [6.07, 6.45) is 3.57. The van der Waals surface area contributed by atoms with E-state index < -0.39 is 0 Å². The van der Waals surface area contributed by atoms with Gasteiger partial charge in [-0.2, -0.15) is 0 Å². The molecule has 0 aliphatic rings. The summed E-state index contributed by atoms with van der Waals surface area (Å²) in [5.41, 5.74) is 2.23. The molecule has 2 heteroatoms. The minimum atomic E-state index is 0.972. The topological polar surface area (TPSA) is 26.0 Å². The number of aromatic nitrogens is 1. The lowest BCUT2D eigenvalue weighted by molar-refractivity contribution is 0.578. The van der Waals surface area contributed by atoms with Crippen LogP contribution in [0.5, 0.6) is 0 Å². The Morgan fingerprint density at radius 2 is 1.65 bits per heavy atom. The van der Waals surface area contributed by atoms with Crippen molar-refractivity contribution in [1.29, 1.82) is 0 Å². The van der Waals surface area contributed by atoms with Crippen LogP contribution in [0.3, 0.4) is 0 Å². The first-order valence-corrected chi connectivity index (χ1v) is 5.57. The van der Waals surface area contributed by atoms with Crippen molar-refractivity contribution in [3.8, 4) is 0 Å². The fourth-order valence-electron chi connectivity index (χ4n) is 1.54. The van der Waals surface area contributed by atoms with Crippen molar-refractivity contribution in [2.24, 2.45) is 0 Å². The third-order valence-electron chi connectivity index (χ3n) is 2.40. The number of furan rings is 1. The predicted octanol–water partition coefficient (Wildman–Crippen LogP) is 4.13. The first-order valence-electron chi connectivity index (χ1n) is 5.57. The van der Waals surface area contributed by atoms with Gasteiger partial charge >= 0.3 is 0 Å². The van der Waals surface area contributed by atoms with E-state index in [1.165, 1.54) is 10.9 Å². The van der Waals surface area contributed by atoms with Gasteiger partial charge in [0.05, 0.1) is 0 Å². The number of aryl methyl sites for hydroxylation is 2. The van der Waals surface area contributed by atoms with E-state index in [1.54, 1.807) is 12.4 Å². The van der Waals surface area contributed by atoms with Crippen LogP contribution in [0.25, 0.3) is 11.0 Å². The van der Waals surface area contributed by atoms with E-state index in [0.717, 1.165) is 11.3 Å². The van der Waals surface area contributed by atoms with Crippen LogP contribution in [0.15, 0.2) is 59.3 Å². The van der Waals surface area contributed by atoms with E-state index in [4.69, 9.17) is 4.42 Å². The summed E-state index contributed by atoms with van der Waals surface area (Å²) in [6.45, 7) is 4.00. The number of pyridine rings is 1. The molecule has 0 spiro atoms. The summed E-state index contributed by atoms with van der Waals surface area (Å²) >= 11 is 0. The van der Waals surface area contributed by atoms with Crippen molar-refractivity contribution in [3.63, 3.8) is 0 Å². The lowest BCUT2D eigenvalue weighted by atomic mass is 10.2. The Balaban J connectivity index is 0.000000136. The third-order valence-corrected chi connectivity index (χ3v) is 2.40. The molecule has 0 unspecified atom stereocenters. The van der Waals surface area contributed by atoms with Crippen LogP contribution in [0, 0.1) is 13.8 Å². The monoisotopic (exact) mass is 225 g/mol. The Bertz CT molecular complexity index is 551. The number of hydrogen-bond acceptors (Lipinski definition) is 2. The predicted molar refractivity (Wildman–Crippen MR) is 69.9 cm³/mol. The molecule has 1 aromatic carbocycles. The number of nitrogens with zero attached hydrogens (tertiary/aromatic N) is 1. The molecule has 17 heavy (non-hydrogen) atoms. The molecule has 86 valence electrons. The number of fused-ring (bicyclic) bond motifs is 1.